The SMILES string of the molecule is O=C(O)C=CC(=O)Nc1cc(COc2ccc(-c3ccccc3)cc2)cc(NC(=O)C=CC(=O)O)c1. The van der Waals surface area contributed by atoms with E-state index in [0.717, 1.165) is 23.3 Å². The molecular formula is C27H22N2O7. The van der Waals surface area contributed by atoms with Crippen LogP contribution in [0.15, 0.2) is 97.1 Å². The molecule has 9 nitrogen and oxygen atoms in total. The van der Waals surface area contributed by atoms with Gasteiger partial charge >= 0.3 is 11.9 Å². The number of aliphatic carboxylic acids is 2. The van der Waals surface area contributed by atoms with Gasteiger partial charge in [0.15, 0.2) is 0 Å². The zero-order valence-electron chi connectivity index (χ0n) is 18.9. The fraction of sp³-hybridized carbons (Fsp3) is 0.0370. The smallest absolute Gasteiger partial charge is 0.328 e. The molecule has 0 atom stereocenters. The van der Waals surface area contributed by atoms with Gasteiger partial charge in [0.2, 0.25) is 11.8 Å². The summed E-state index contributed by atoms with van der Waals surface area (Å²) >= 11 is 0. The van der Waals surface area contributed by atoms with Gasteiger partial charge in [-0.15, -0.1) is 0 Å². The molecule has 0 saturated heterocycles. The molecule has 0 bridgehead atoms. The van der Waals surface area contributed by atoms with Gasteiger partial charge in [0.25, 0.3) is 0 Å². The minimum Gasteiger partial charge on any atom is -0.489 e. The van der Waals surface area contributed by atoms with Gasteiger partial charge in [0.05, 0.1) is 0 Å². The average molecular weight is 486 g/mol. The van der Waals surface area contributed by atoms with Gasteiger partial charge in [-0.2, -0.15) is 0 Å². The number of carbonyl (C=O) groups excluding carboxylic acids is 2. The van der Waals surface area contributed by atoms with Gasteiger partial charge in [0.1, 0.15) is 12.4 Å². The molecule has 4 N–H and O–H groups in total. The topological polar surface area (TPSA) is 142 Å². The molecule has 3 rings (SSSR count). The molecule has 0 saturated carbocycles. The molecule has 0 aliphatic rings. The van der Waals surface area contributed by atoms with E-state index in [1.54, 1.807) is 12.1 Å². The first-order chi connectivity index (χ1) is 17.3. The highest BCUT2D eigenvalue weighted by Crippen LogP contribution is 2.24. The third-order valence-corrected chi connectivity index (χ3v) is 4.65. The van der Waals surface area contributed by atoms with E-state index in [1.807, 2.05) is 54.6 Å². The van der Waals surface area contributed by atoms with E-state index in [4.69, 9.17) is 14.9 Å². The zero-order chi connectivity index (χ0) is 25.9. The molecule has 0 heterocycles. The molecule has 0 aliphatic heterocycles. The number of benzene rings is 3. The maximum Gasteiger partial charge on any atom is 0.328 e. The Morgan fingerprint density at radius 3 is 1.67 bits per heavy atom. The Hall–Kier alpha value is -5.18. The Morgan fingerprint density at radius 1 is 0.667 bits per heavy atom. The third-order valence-electron chi connectivity index (χ3n) is 4.65. The van der Waals surface area contributed by atoms with Crippen LogP contribution in [0.4, 0.5) is 11.4 Å². The lowest BCUT2D eigenvalue weighted by Crippen LogP contribution is -2.12. The van der Waals surface area contributed by atoms with Crippen LogP contribution in [0.5, 0.6) is 5.75 Å². The first kappa shape index (κ1) is 25.4. The molecule has 0 fully saturated rings. The van der Waals surface area contributed by atoms with E-state index >= 15 is 0 Å². The van der Waals surface area contributed by atoms with Crippen molar-refractivity contribution in [2.75, 3.05) is 10.6 Å². The highest BCUT2D eigenvalue weighted by atomic mass is 16.5. The van der Waals surface area contributed by atoms with E-state index < -0.39 is 23.8 Å². The van der Waals surface area contributed by atoms with Crippen molar-refractivity contribution < 1.29 is 34.1 Å². The Balaban J connectivity index is 1.76. The molecule has 36 heavy (non-hydrogen) atoms. The normalized spacial score (nSPS) is 10.8. The van der Waals surface area contributed by atoms with Crippen LogP contribution in [0.25, 0.3) is 11.1 Å². The van der Waals surface area contributed by atoms with Crippen molar-refractivity contribution in [1.29, 1.82) is 0 Å². The fourth-order valence-corrected chi connectivity index (χ4v) is 3.12. The van der Waals surface area contributed by atoms with E-state index in [9.17, 15) is 19.2 Å². The number of nitrogens with one attached hydrogen (secondary N) is 2. The summed E-state index contributed by atoms with van der Waals surface area (Å²) in [5.41, 5.74) is 3.23. The van der Waals surface area contributed by atoms with Crippen LogP contribution in [0.2, 0.25) is 0 Å². The van der Waals surface area contributed by atoms with Crippen LogP contribution < -0.4 is 15.4 Å². The van der Waals surface area contributed by atoms with Crippen LogP contribution in [-0.2, 0) is 25.8 Å². The summed E-state index contributed by atoms with van der Waals surface area (Å²) in [6.45, 7) is 0.0905. The summed E-state index contributed by atoms with van der Waals surface area (Å²) < 4.78 is 5.85. The van der Waals surface area contributed by atoms with E-state index in [0.29, 0.717) is 23.5 Å². The highest BCUT2D eigenvalue weighted by molar-refractivity contribution is 6.04. The maximum atomic E-state index is 12.0. The van der Waals surface area contributed by atoms with Gasteiger partial charge in [-0.25, -0.2) is 9.59 Å². The lowest BCUT2D eigenvalue weighted by molar-refractivity contribution is -0.132. The van der Waals surface area contributed by atoms with Crippen LogP contribution in [0.3, 0.4) is 0 Å². The number of hydrogen-bond donors (Lipinski definition) is 4. The largest absolute Gasteiger partial charge is 0.489 e. The van der Waals surface area contributed by atoms with Gasteiger partial charge in [-0.05, 0) is 47.0 Å². The monoisotopic (exact) mass is 486 g/mol. The standard InChI is InChI=1S/C27H22N2O7/c30-24(10-12-26(32)33)28-21-14-18(15-22(16-21)29-25(31)11-13-27(34)35)17-36-23-8-6-20(7-9-23)19-4-2-1-3-5-19/h1-16H,17H2,(H,28,30)(H,29,31)(H,32,33)(H,34,35). The molecule has 3 aromatic carbocycles. The number of hydrogen-bond acceptors (Lipinski definition) is 5. The minimum absolute atomic E-state index is 0.0905. The number of carboxylic acids is 2. The van der Waals surface area contributed by atoms with Gasteiger partial charge in [-0.3, -0.25) is 9.59 Å². The Bertz CT molecular complexity index is 1260. The molecule has 182 valence electrons. The van der Waals surface area contributed by atoms with Gasteiger partial charge in [-0.1, -0.05) is 42.5 Å². The minimum atomic E-state index is -1.27. The third kappa shape index (κ3) is 8.31. The number of carbonyl (C=O) groups is 4. The molecular weight excluding hydrogens is 464 g/mol. The van der Waals surface area contributed by atoms with E-state index in [2.05, 4.69) is 10.6 Å². The number of carboxylic acid groups (broad SMARTS) is 2. The fourth-order valence-electron chi connectivity index (χ4n) is 3.12. The second-order valence-corrected chi connectivity index (χ2v) is 7.42. The first-order valence-electron chi connectivity index (χ1n) is 10.6. The van der Waals surface area contributed by atoms with Crippen molar-refractivity contribution >= 4 is 35.1 Å². The highest BCUT2D eigenvalue weighted by Gasteiger charge is 2.08. The van der Waals surface area contributed by atoms with Crippen molar-refractivity contribution in [3.8, 4) is 16.9 Å². The lowest BCUT2D eigenvalue weighted by atomic mass is 10.1. The first-order valence-corrected chi connectivity index (χ1v) is 10.6. The van der Waals surface area contributed by atoms with Crippen LogP contribution in [-0.4, -0.2) is 34.0 Å². The van der Waals surface area contributed by atoms with Crippen LogP contribution in [0, 0.1) is 0 Å². The Morgan fingerprint density at radius 2 is 1.17 bits per heavy atom. The number of anilines is 2. The molecule has 0 aromatic heterocycles. The Labute approximate surface area is 206 Å². The average Bonchev–Trinajstić information content (AvgIpc) is 2.86. The predicted octanol–water partition coefficient (Wildman–Crippen LogP) is 4.09. The van der Waals surface area contributed by atoms with E-state index in [1.165, 1.54) is 6.07 Å². The Kier molecular flexibility index (Phi) is 8.71. The van der Waals surface area contributed by atoms with Crippen molar-refractivity contribution in [3.05, 3.63) is 103 Å². The number of rotatable bonds is 10. The second-order valence-electron chi connectivity index (χ2n) is 7.42. The summed E-state index contributed by atoms with van der Waals surface area (Å²) in [4.78, 5) is 45.3. The quantitative estimate of drug-likeness (QED) is 0.316. The zero-order valence-corrected chi connectivity index (χ0v) is 18.9. The lowest BCUT2D eigenvalue weighted by Gasteiger charge is -2.12. The second kappa shape index (κ2) is 12.3. The van der Waals surface area contributed by atoms with Crippen molar-refractivity contribution in [3.63, 3.8) is 0 Å². The molecule has 0 unspecified atom stereocenters. The van der Waals surface area contributed by atoms with Crippen LogP contribution >= 0.6 is 0 Å². The summed E-state index contributed by atoms with van der Waals surface area (Å²) in [5, 5.41) is 22.4. The number of amides is 2. The molecule has 0 aliphatic carbocycles. The van der Waals surface area contributed by atoms with Gasteiger partial charge in [0, 0.05) is 35.7 Å². The van der Waals surface area contributed by atoms with Crippen molar-refractivity contribution in [1.82, 2.24) is 0 Å². The molecule has 9 heteroatoms. The number of ether oxygens (including phenoxy) is 1. The molecule has 0 radical (unpaired) electrons. The summed E-state index contributed by atoms with van der Waals surface area (Å²) in [7, 11) is 0. The summed E-state index contributed by atoms with van der Waals surface area (Å²) in [5.74, 6) is -3.32. The maximum absolute atomic E-state index is 12.0. The summed E-state index contributed by atoms with van der Waals surface area (Å²) in [6.07, 6.45) is 3.10. The van der Waals surface area contributed by atoms with Gasteiger partial charge < -0.3 is 25.6 Å². The van der Waals surface area contributed by atoms with Crippen molar-refractivity contribution in [2.24, 2.45) is 0 Å². The molecule has 2 amide bonds. The molecule has 3 aromatic rings. The summed E-state index contributed by atoms with van der Waals surface area (Å²) in [6, 6.07) is 22.0. The van der Waals surface area contributed by atoms with Crippen LogP contribution in [0.1, 0.15) is 5.56 Å². The predicted molar refractivity (Wildman–Crippen MR) is 133 cm³/mol. The molecule has 0 spiro atoms. The van der Waals surface area contributed by atoms with Crippen molar-refractivity contribution in [2.45, 2.75) is 6.61 Å². The van der Waals surface area contributed by atoms with E-state index in [-0.39, 0.29) is 18.0 Å².